The number of ether oxygens (including phenoxy) is 1. The van der Waals surface area contributed by atoms with Crippen LogP contribution in [0.15, 0.2) is 10.5 Å². The van der Waals surface area contributed by atoms with Crippen molar-refractivity contribution in [3.05, 3.63) is 23.2 Å². The molecule has 7 nitrogen and oxygen atoms in total. The highest BCUT2D eigenvalue weighted by atomic mass is 16.5. The highest BCUT2D eigenvalue weighted by molar-refractivity contribution is 5.90. The van der Waals surface area contributed by atoms with Gasteiger partial charge >= 0.3 is 5.97 Å². The lowest BCUT2D eigenvalue weighted by atomic mass is 10.2. The van der Waals surface area contributed by atoms with E-state index in [4.69, 9.17) is 9.15 Å². The van der Waals surface area contributed by atoms with Crippen LogP contribution < -0.4 is 0 Å². The van der Waals surface area contributed by atoms with Gasteiger partial charge < -0.3 is 14.1 Å². The molecule has 1 aromatic rings. The van der Waals surface area contributed by atoms with Crippen molar-refractivity contribution < 1.29 is 18.7 Å². The summed E-state index contributed by atoms with van der Waals surface area (Å²) in [5, 5.41) is 0. The quantitative estimate of drug-likeness (QED) is 0.742. The Bertz CT molecular complexity index is 614. The average Bonchev–Trinajstić information content (AvgIpc) is 3.26. The molecule has 2 saturated heterocycles. The molecule has 0 bridgehead atoms. The Morgan fingerprint density at radius 3 is 2.36 bits per heavy atom. The number of esters is 1. The zero-order chi connectivity index (χ0) is 17.8. The van der Waals surface area contributed by atoms with Crippen molar-refractivity contribution in [1.82, 2.24) is 14.7 Å². The molecular weight excluding hydrogens is 322 g/mol. The fraction of sp³-hybridized carbons (Fsp3) is 0.667. The van der Waals surface area contributed by atoms with Gasteiger partial charge in [-0.05, 0) is 25.8 Å². The first-order chi connectivity index (χ1) is 12.1. The third-order valence-electron chi connectivity index (χ3n) is 5.04. The zero-order valence-corrected chi connectivity index (χ0v) is 15.1. The summed E-state index contributed by atoms with van der Waals surface area (Å²) in [6.07, 6.45) is 2.27. The molecule has 7 heteroatoms. The maximum Gasteiger partial charge on any atom is 0.341 e. The Labute approximate surface area is 148 Å². The van der Waals surface area contributed by atoms with Gasteiger partial charge in [-0.2, -0.15) is 0 Å². The number of likely N-dealkylation sites (tertiary alicyclic amines) is 1. The van der Waals surface area contributed by atoms with E-state index in [0.717, 1.165) is 57.9 Å². The van der Waals surface area contributed by atoms with E-state index in [-0.39, 0.29) is 11.9 Å². The van der Waals surface area contributed by atoms with Crippen LogP contribution in [0.3, 0.4) is 0 Å². The van der Waals surface area contributed by atoms with Crippen molar-refractivity contribution in [2.24, 2.45) is 0 Å². The summed E-state index contributed by atoms with van der Waals surface area (Å²) < 4.78 is 10.4. The molecule has 3 heterocycles. The minimum atomic E-state index is -0.363. The van der Waals surface area contributed by atoms with Crippen molar-refractivity contribution in [3.63, 3.8) is 0 Å². The maximum atomic E-state index is 12.2. The number of piperazine rings is 1. The van der Waals surface area contributed by atoms with Crippen molar-refractivity contribution in [1.29, 1.82) is 0 Å². The number of rotatable bonds is 5. The zero-order valence-electron chi connectivity index (χ0n) is 15.1. The fourth-order valence-corrected chi connectivity index (χ4v) is 3.52. The second kappa shape index (κ2) is 8.01. The van der Waals surface area contributed by atoms with Gasteiger partial charge in [0, 0.05) is 39.3 Å². The Balaban J connectivity index is 1.46. The van der Waals surface area contributed by atoms with Crippen molar-refractivity contribution in [3.8, 4) is 0 Å². The number of hydrogen-bond acceptors (Lipinski definition) is 6. The molecule has 138 valence electrons. The predicted molar refractivity (Wildman–Crippen MR) is 92.3 cm³/mol. The molecule has 0 N–H and O–H groups in total. The lowest BCUT2D eigenvalue weighted by Gasteiger charge is -2.34. The van der Waals surface area contributed by atoms with E-state index in [9.17, 15) is 9.59 Å². The van der Waals surface area contributed by atoms with Gasteiger partial charge in [0.05, 0.1) is 20.2 Å². The summed E-state index contributed by atoms with van der Waals surface area (Å²) in [5.74, 6) is 1.27. The third-order valence-corrected chi connectivity index (χ3v) is 5.04. The molecule has 0 spiro atoms. The van der Waals surface area contributed by atoms with E-state index in [0.29, 0.717) is 24.4 Å². The molecule has 2 aliphatic rings. The normalized spacial score (nSPS) is 19.4. The monoisotopic (exact) mass is 349 g/mol. The number of furan rings is 1. The van der Waals surface area contributed by atoms with Gasteiger partial charge in [0.2, 0.25) is 5.91 Å². The van der Waals surface area contributed by atoms with Crippen molar-refractivity contribution >= 4 is 11.9 Å². The van der Waals surface area contributed by atoms with E-state index < -0.39 is 0 Å². The number of amides is 1. The van der Waals surface area contributed by atoms with Crippen molar-refractivity contribution in [2.45, 2.75) is 26.3 Å². The molecule has 2 aliphatic heterocycles. The number of carbonyl (C=O) groups excluding carboxylic acids is 2. The average molecular weight is 349 g/mol. The van der Waals surface area contributed by atoms with Gasteiger partial charge in [-0.15, -0.1) is 0 Å². The molecule has 0 radical (unpaired) electrons. The summed E-state index contributed by atoms with van der Waals surface area (Å²) in [7, 11) is 1.37. The Morgan fingerprint density at radius 2 is 1.72 bits per heavy atom. The summed E-state index contributed by atoms with van der Waals surface area (Å²) >= 11 is 0. The number of methoxy groups -OCH3 is 1. The number of hydrogen-bond donors (Lipinski definition) is 0. The molecule has 1 amide bonds. The maximum absolute atomic E-state index is 12.2. The van der Waals surface area contributed by atoms with Crippen molar-refractivity contribution in [2.75, 3.05) is 52.9 Å². The van der Waals surface area contributed by atoms with E-state index in [2.05, 4.69) is 9.80 Å². The molecule has 2 fully saturated rings. The third kappa shape index (κ3) is 4.41. The Morgan fingerprint density at radius 1 is 1.08 bits per heavy atom. The number of carbonyl (C=O) groups is 2. The summed E-state index contributed by atoms with van der Waals surface area (Å²) in [5.41, 5.74) is 0.493. The standard InChI is InChI=1S/C18H27N3O4/c1-14-16(18(23)24-2)11-15(25-14)12-19-7-9-20(10-8-19)13-17(22)21-5-3-4-6-21/h11H,3-10,12-13H2,1-2H3. The van der Waals surface area contributed by atoms with E-state index in [1.165, 1.54) is 7.11 Å². The first kappa shape index (κ1) is 17.9. The topological polar surface area (TPSA) is 66.2 Å². The van der Waals surface area contributed by atoms with Crippen LogP contribution in [0.25, 0.3) is 0 Å². The smallest absolute Gasteiger partial charge is 0.341 e. The van der Waals surface area contributed by atoms with Crippen LogP contribution in [-0.4, -0.2) is 79.5 Å². The Kier molecular flexibility index (Phi) is 5.75. The second-order valence-electron chi connectivity index (χ2n) is 6.81. The number of aryl methyl sites for hydroxylation is 1. The van der Waals surface area contributed by atoms with E-state index in [1.807, 2.05) is 4.90 Å². The highest BCUT2D eigenvalue weighted by Gasteiger charge is 2.24. The summed E-state index contributed by atoms with van der Waals surface area (Å²) in [6.45, 7) is 8.34. The summed E-state index contributed by atoms with van der Waals surface area (Å²) in [6, 6.07) is 1.77. The minimum absolute atomic E-state index is 0.260. The van der Waals surface area contributed by atoms with Crippen LogP contribution in [0.4, 0.5) is 0 Å². The van der Waals surface area contributed by atoms with Gasteiger partial charge in [0.1, 0.15) is 17.1 Å². The van der Waals surface area contributed by atoms with Crippen LogP contribution in [0.1, 0.15) is 34.7 Å². The molecule has 0 unspecified atom stereocenters. The second-order valence-corrected chi connectivity index (χ2v) is 6.81. The summed E-state index contributed by atoms with van der Waals surface area (Å²) in [4.78, 5) is 30.4. The molecule has 0 saturated carbocycles. The predicted octanol–water partition coefficient (Wildman–Crippen LogP) is 1.11. The van der Waals surface area contributed by atoms with Gasteiger partial charge in [-0.3, -0.25) is 14.6 Å². The lowest BCUT2D eigenvalue weighted by molar-refractivity contribution is -0.131. The van der Waals surface area contributed by atoms with Gasteiger partial charge in [-0.1, -0.05) is 0 Å². The minimum Gasteiger partial charge on any atom is -0.465 e. The molecule has 0 aromatic carbocycles. The van der Waals surface area contributed by atoms with Gasteiger partial charge in [0.15, 0.2) is 0 Å². The van der Waals surface area contributed by atoms with E-state index >= 15 is 0 Å². The fourth-order valence-electron chi connectivity index (χ4n) is 3.52. The highest BCUT2D eigenvalue weighted by Crippen LogP contribution is 2.18. The van der Waals surface area contributed by atoms with E-state index in [1.54, 1.807) is 13.0 Å². The molecule has 0 aliphatic carbocycles. The molecule has 3 rings (SSSR count). The van der Waals surface area contributed by atoms with Crippen LogP contribution in [0.5, 0.6) is 0 Å². The van der Waals surface area contributed by atoms with Gasteiger partial charge in [0.25, 0.3) is 0 Å². The van der Waals surface area contributed by atoms with Crippen LogP contribution in [0, 0.1) is 6.92 Å². The largest absolute Gasteiger partial charge is 0.465 e. The van der Waals surface area contributed by atoms with Crippen LogP contribution in [-0.2, 0) is 16.1 Å². The lowest BCUT2D eigenvalue weighted by Crippen LogP contribution is -2.49. The molecule has 1 aromatic heterocycles. The molecule has 0 atom stereocenters. The van der Waals surface area contributed by atoms with Gasteiger partial charge in [-0.25, -0.2) is 4.79 Å². The molecule has 25 heavy (non-hydrogen) atoms. The number of nitrogens with zero attached hydrogens (tertiary/aromatic N) is 3. The van der Waals surface area contributed by atoms with Crippen LogP contribution >= 0.6 is 0 Å². The SMILES string of the molecule is COC(=O)c1cc(CN2CCN(CC(=O)N3CCCC3)CC2)oc1C. The van der Waals surface area contributed by atoms with Crippen LogP contribution in [0.2, 0.25) is 0 Å². The first-order valence-electron chi connectivity index (χ1n) is 8.97. The first-order valence-corrected chi connectivity index (χ1v) is 8.97. The molecular formula is C18H27N3O4. The Hall–Kier alpha value is -1.86.